The van der Waals surface area contributed by atoms with Crippen LogP contribution >= 0.6 is 0 Å². The molecule has 5 radical (unpaired) electrons. The number of esters is 2. The van der Waals surface area contributed by atoms with E-state index in [1.54, 1.807) is 19.9 Å². The van der Waals surface area contributed by atoms with E-state index in [1.807, 2.05) is 25.7 Å². The zero-order chi connectivity index (χ0) is 18.0. The average Bonchev–Trinajstić information content (AvgIpc) is 3.03. The van der Waals surface area contributed by atoms with Crippen molar-refractivity contribution in [2.24, 2.45) is 0 Å². The quantitative estimate of drug-likeness (QED) is 0.414. The first-order valence-electron chi connectivity index (χ1n) is 7.72. The van der Waals surface area contributed by atoms with Gasteiger partial charge in [0.1, 0.15) is 0 Å². The third kappa shape index (κ3) is 5.53. The Bertz CT molecular complexity index is 496. The second-order valence-electron chi connectivity index (χ2n) is 4.96. The second kappa shape index (κ2) is 9.93. The van der Waals surface area contributed by atoms with Gasteiger partial charge in [-0.2, -0.15) is 0 Å². The molecule has 0 spiro atoms. The topological polar surface area (TPSA) is 81.7 Å². The van der Waals surface area contributed by atoms with Gasteiger partial charge in [0, 0.05) is 19.3 Å². The molecule has 1 amide bonds. The van der Waals surface area contributed by atoms with Crippen molar-refractivity contribution in [3.05, 3.63) is 49.5 Å². The number of carbonyl (C=O) groups is 3. The molecule has 1 aliphatic carbocycles. The molecular weight excluding hydrogens is 310 g/mol. The largest absolute Gasteiger partial charge is 0.464 e. The van der Waals surface area contributed by atoms with Crippen molar-refractivity contribution in [1.82, 2.24) is 5.32 Å². The van der Waals surface area contributed by atoms with Gasteiger partial charge in [-0.15, -0.1) is 5.73 Å². The van der Waals surface area contributed by atoms with Gasteiger partial charge in [0.05, 0.1) is 13.2 Å². The molecule has 0 unspecified atom stereocenters. The van der Waals surface area contributed by atoms with E-state index in [1.165, 1.54) is 13.0 Å². The molecule has 1 fully saturated rings. The Balaban J connectivity index is 3.02. The highest BCUT2D eigenvalue weighted by Crippen LogP contribution is 2.23. The van der Waals surface area contributed by atoms with E-state index in [0.717, 1.165) is 5.92 Å². The van der Waals surface area contributed by atoms with E-state index in [4.69, 9.17) is 9.47 Å². The monoisotopic (exact) mass is 332 g/mol. The van der Waals surface area contributed by atoms with Crippen molar-refractivity contribution in [3.8, 4) is 0 Å². The van der Waals surface area contributed by atoms with E-state index in [0.29, 0.717) is 0 Å². The van der Waals surface area contributed by atoms with Crippen LogP contribution < -0.4 is 5.32 Å². The summed E-state index contributed by atoms with van der Waals surface area (Å²) in [5.74, 6) is -1.32. The summed E-state index contributed by atoms with van der Waals surface area (Å²) in [5, 5.41) is 2.38. The highest BCUT2D eigenvalue weighted by Gasteiger charge is 2.49. The first kappa shape index (κ1) is 20.0. The molecule has 129 valence electrons. The summed E-state index contributed by atoms with van der Waals surface area (Å²) < 4.78 is 9.93. The molecule has 6 heteroatoms. The molecule has 24 heavy (non-hydrogen) atoms. The Hall–Kier alpha value is -2.07. The number of hydrogen-bond acceptors (Lipinski definition) is 5. The zero-order valence-electron chi connectivity index (χ0n) is 14.1. The number of rotatable bonds is 8. The molecule has 0 aromatic heterocycles. The van der Waals surface area contributed by atoms with Crippen molar-refractivity contribution in [2.75, 3.05) is 13.2 Å². The number of amides is 1. The number of ether oxygens (including phenoxy) is 2. The SMILES string of the molecule is CCOC(=O)C(CC=C=C[C]1[CH][CH][CH][CH]1)(NC(C)=O)C(=O)OCC. The fourth-order valence-electron chi connectivity index (χ4n) is 2.06. The maximum absolute atomic E-state index is 12.3. The van der Waals surface area contributed by atoms with Crippen LogP contribution in [0.2, 0.25) is 0 Å². The molecule has 6 nitrogen and oxygen atoms in total. The Morgan fingerprint density at radius 2 is 1.67 bits per heavy atom. The van der Waals surface area contributed by atoms with Crippen LogP contribution in [-0.2, 0) is 23.9 Å². The van der Waals surface area contributed by atoms with E-state index >= 15 is 0 Å². The number of carbonyl (C=O) groups excluding carboxylic acids is 3. The van der Waals surface area contributed by atoms with Gasteiger partial charge < -0.3 is 14.8 Å². The molecule has 1 rings (SSSR count). The third-order valence-corrected chi connectivity index (χ3v) is 3.10. The fourth-order valence-corrected chi connectivity index (χ4v) is 2.06. The van der Waals surface area contributed by atoms with Gasteiger partial charge in [-0.1, -0.05) is 0 Å². The lowest BCUT2D eigenvalue weighted by Crippen LogP contribution is -2.60. The van der Waals surface area contributed by atoms with E-state index in [2.05, 4.69) is 11.0 Å². The minimum Gasteiger partial charge on any atom is -0.464 e. The minimum atomic E-state index is -1.91. The molecular formula is C18H22NO5. The first-order chi connectivity index (χ1) is 11.5. The molecule has 1 saturated carbocycles. The smallest absolute Gasteiger partial charge is 0.344 e. The molecule has 0 aromatic carbocycles. The maximum Gasteiger partial charge on any atom is 0.344 e. The lowest BCUT2D eigenvalue weighted by atomic mass is 9.94. The maximum atomic E-state index is 12.3. The van der Waals surface area contributed by atoms with Crippen molar-refractivity contribution in [3.63, 3.8) is 0 Å². The van der Waals surface area contributed by atoms with Crippen molar-refractivity contribution in [1.29, 1.82) is 0 Å². The van der Waals surface area contributed by atoms with Crippen LogP contribution in [0, 0.1) is 31.6 Å². The number of hydrogen-bond donors (Lipinski definition) is 1. The summed E-state index contributed by atoms with van der Waals surface area (Å²) in [6.45, 7) is 4.61. The van der Waals surface area contributed by atoms with Gasteiger partial charge in [-0.3, -0.25) is 4.79 Å². The molecule has 0 bridgehead atoms. The summed E-state index contributed by atoms with van der Waals surface area (Å²) in [4.78, 5) is 36.2. The van der Waals surface area contributed by atoms with Crippen LogP contribution in [0.3, 0.4) is 0 Å². The van der Waals surface area contributed by atoms with Gasteiger partial charge >= 0.3 is 11.9 Å². The van der Waals surface area contributed by atoms with Crippen LogP contribution in [0.5, 0.6) is 0 Å². The third-order valence-electron chi connectivity index (χ3n) is 3.10. The number of nitrogens with one attached hydrogen (secondary N) is 1. The minimum absolute atomic E-state index is 0.0760. The lowest BCUT2D eigenvalue weighted by Gasteiger charge is -2.28. The van der Waals surface area contributed by atoms with Crippen LogP contribution in [0.15, 0.2) is 17.9 Å². The van der Waals surface area contributed by atoms with Gasteiger partial charge in [0.15, 0.2) is 0 Å². The van der Waals surface area contributed by atoms with Crippen LogP contribution in [0.4, 0.5) is 0 Å². The van der Waals surface area contributed by atoms with Crippen LogP contribution in [-0.4, -0.2) is 36.6 Å². The Labute approximate surface area is 143 Å². The standard InChI is InChI=1S/C18H22NO5/c1-4-23-16(21)18(19-14(3)20,17(22)24-5-2)13-9-8-12-15-10-6-7-11-15/h6-7,9-12H,4-5,13H2,1-3H3,(H,19,20). The Morgan fingerprint density at radius 1 is 1.12 bits per heavy atom. The van der Waals surface area contributed by atoms with Gasteiger partial charge in [-0.05, 0) is 51.7 Å². The van der Waals surface area contributed by atoms with E-state index in [-0.39, 0.29) is 19.6 Å². The Kier molecular flexibility index (Phi) is 8.27. The van der Waals surface area contributed by atoms with Crippen molar-refractivity contribution >= 4 is 17.8 Å². The molecule has 0 aliphatic heterocycles. The van der Waals surface area contributed by atoms with Crippen molar-refractivity contribution in [2.45, 2.75) is 32.7 Å². The van der Waals surface area contributed by atoms with E-state index < -0.39 is 23.4 Å². The van der Waals surface area contributed by atoms with E-state index in [9.17, 15) is 14.4 Å². The summed E-state index contributed by atoms with van der Waals surface area (Å²) in [5.41, 5.74) is 0.981. The molecule has 0 atom stereocenters. The second-order valence-corrected chi connectivity index (χ2v) is 4.96. The first-order valence-corrected chi connectivity index (χ1v) is 7.72. The molecule has 0 heterocycles. The summed E-state index contributed by atoms with van der Waals surface area (Å²) >= 11 is 0. The Morgan fingerprint density at radius 3 is 2.12 bits per heavy atom. The highest BCUT2D eigenvalue weighted by molar-refractivity contribution is 6.07. The highest BCUT2D eigenvalue weighted by atomic mass is 16.6. The van der Waals surface area contributed by atoms with Crippen LogP contribution in [0.1, 0.15) is 27.2 Å². The van der Waals surface area contributed by atoms with Crippen molar-refractivity contribution < 1.29 is 23.9 Å². The predicted octanol–water partition coefficient (Wildman–Crippen LogP) is 1.49. The summed E-state index contributed by atoms with van der Waals surface area (Å²) in [6.07, 6.45) is 10.6. The van der Waals surface area contributed by atoms with Gasteiger partial charge in [0.25, 0.3) is 0 Å². The van der Waals surface area contributed by atoms with Gasteiger partial charge in [-0.25, -0.2) is 9.59 Å². The molecule has 0 aromatic rings. The molecule has 0 saturated heterocycles. The van der Waals surface area contributed by atoms with Crippen LogP contribution in [0.25, 0.3) is 0 Å². The molecule has 1 aliphatic rings. The predicted molar refractivity (Wildman–Crippen MR) is 87.5 cm³/mol. The zero-order valence-corrected chi connectivity index (χ0v) is 14.1. The average molecular weight is 332 g/mol. The molecule has 1 N–H and O–H groups in total. The van der Waals surface area contributed by atoms with Gasteiger partial charge in [0.2, 0.25) is 11.4 Å². The lowest BCUT2D eigenvalue weighted by molar-refractivity contribution is -0.167. The fraction of sp³-hybridized carbons (Fsp3) is 0.389. The normalized spacial score (nSPS) is 14.5. The summed E-state index contributed by atoms with van der Waals surface area (Å²) in [6, 6.07) is 0. The summed E-state index contributed by atoms with van der Waals surface area (Å²) in [7, 11) is 0.